The zero-order valence-electron chi connectivity index (χ0n) is 44.9. The van der Waals surface area contributed by atoms with Gasteiger partial charge < -0.3 is 4.90 Å². The summed E-state index contributed by atoms with van der Waals surface area (Å²) in [4.78, 5) is 2.46. The minimum atomic E-state index is -0.654. The van der Waals surface area contributed by atoms with Crippen molar-refractivity contribution in [2.45, 2.75) is 16.2 Å². The van der Waals surface area contributed by atoms with Crippen LogP contribution in [0.25, 0.3) is 66.8 Å². The number of rotatable bonds is 5. The zero-order valence-corrected chi connectivity index (χ0v) is 44.9. The summed E-state index contributed by atoms with van der Waals surface area (Å²) in [7, 11) is 0. The third kappa shape index (κ3) is 5.62. The first-order valence-electron chi connectivity index (χ1n) is 28.8. The van der Waals surface area contributed by atoms with Crippen LogP contribution in [0, 0.1) is 0 Å². The van der Waals surface area contributed by atoms with Gasteiger partial charge in [-0.1, -0.05) is 273 Å². The van der Waals surface area contributed by atoms with Crippen LogP contribution in [0.5, 0.6) is 0 Å². The molecule has 0 saturated heterocycles. The second-order valence-electron chi connectivity index (χ2n) is 22.8. The molecule has 18 rings (SSSR count). The van der Waals surface area contributed by atoms with E-state index in [4.69, 9.17) is 0 Å². The quantitative estimate of drug-likeness (QED) is 0.166. The first-order chi connectivity index (χ1) is 40.7. The number of hydrogen-bond donors (Lipinski definition) is 0. The number of benzene rings is 13. The van der Waals surface area contributed by atoms with Crippen molar-refractivity contribution in [3.63, 3.8) is 0 Å². The number of fused-ring (bicyclic) bond motifs is 22. The predicted molar refractivity (Wildman–Crippen MR) is 336 cm³/mol. The van der Waals surface area contributed by atoms with E-state index < -0.39 is 16.2 Å². The Morgan fingerprint density at radius 2 is 0.488 bits per heavy atom. The fourth-order valence-electron chi connectivity index (χ4n) is 16.5. The zero-order chi connectivity index (χ0) is 53.7. The van der Waals surface area contributed by atoms with Gasteiger partial charge in [0.2, 0.25) is 0 Å². The molecule has 1 heteroatoms. The molecule has 5 aliphatic rings. The summed E-state index contributed by atoms with van der Waals surface area (Å²) < 4.78 is 0. The topological polar surface area (TPSA) is 3.24 Å². The molecule has 0 fully saturated rings. The van der Waals surface area contributed by atoms with Crippen LogP contribution in [0.15, 0.2) is 309 Å². The van der Waals surface area contributed by atoms with Gasteiger partial charge in [0.05, 0.1) is 27.6 Å². The molecular formula is C81H51N. The number of hydrogen-bond acceptors (Lipinski definition) is 1. The third-order valence-electron chi connectivity index (χ3n) is 19.4. The molecule has 0 amide bonds. The summed E-state index contributed by atoms with van der Waals surface area (Å²) in [6.45, 7) is 0. The van der Waals surface area contributed by atoms with Crippen LogP contribution < -0.4 is 4.90 Å². The van der Waals surface area contributed by atoms with Gasteiger partial charge in [-0.3, -0.25) is 0 Å². The highest BCUT2D eigenvalue weighted by Gasteiger charge is 2.54. The molecule has 0 aromatic heterocycles. The molecule has 0 N–H and O–H groups in total. The summed E-state index contributed by atoms with van der Waals surface area (Å²) in [6.07, 6.45) is 0. The Labute approximate surface area is 478 Å². The van der Waals surface area contributed by atoms with E-state index in [1.165, 1.54) is 145 Å². The Balaban J connectivity index is 0.857. The van der Waals surface area contributed by atoms with Crippen molar-refractivity contribution < 1.29 is 0 Å². The highest BCUT2D eigenvalue weighted by Crippen LogP contribution is 2.67. The lowest BCUT2D eigenvalue weighted by molar-refractivity contribution is 0.753. The molecule has 2 spiro atoms. The van der Waals surface area contributed by atoms with Crippen LogP contribution in [-0.4, -0.2) is 0 Å². The van der Waals surface area contributed by atoms with Crippen LogP contribution in [0.1, 0.15) is 66.8 Å². The Morgan fingerprint density at radius 1 is 0.195 bits per heavy atom. The van der Waals surface area contributed by atoms with Crippen molar-refractivity contribution in [1.29, 1.82) is 0 Å². The molecule has 1 nitrogen and oxygen atoms in total. The van der Waals surface area contributed by atoms with Crippen LogP contribution in [0.2, 0.25) is 0 Å². The van der Waals surface area contributed by atoms with Gasteiger partial charge in [-0.25, -0.2) is 0 Å². The largest absolute Gasteiger partial charge is 0.310 e. The number of nitrogens with zero attached hydrogens (tertiary/aromatic N) is 1. The third-order valence-corrected chi connectivity index (χ3v) is 19.4. The second-order valence-corrected chi connectivity index (χ2v) is 22.8. The van der Waals surface area contributed by atoms with Crippen molar-refractivity contribution in [3.8, 4) is 66.8 Å². The average Bonchev–Trinajstić information content (AvgIpc) is 3.00. The van der Waals surface area contributed by atoms with Crippen LogP contribution >= 0.6 is 0 Å². The summed E-state index contributed by atoms with van der Waals surface area (Å²) >= 11 is 0. The van der Waals surface area contributed by atoms with Gasteiger partial charge in [-0.15, -0.1) is 0 Å². The summed E-state index contributed by atoms with van der Waals surface area (Å²) in [5, 5.41) is 0. The maximum absolute atomic E-state index is 2.53. The normalized spacial score (nSPS) is 14.9. The van der Waals surface area contributed by atoms with Crippen molar-refractivity contribution in [3.05, 3.63) is 376 Å². The van der Waals surface area contributed by atoms with Crippen molar-refractivity contribution in [2.75, 3.05) is 4.90 Å². The lowest BCUT2D eigenvalue weighted by atomic mass is 9.64. The lowest BCUT2D eigenvalue weighted by Crippen LogP contribution is -2.36. The van der Waals surface area contributed by atoms with Gasteiger partial charge in [0.25, 0.3) is 0 Å². The minimum absolute atomic E-state index is 0.429. The van der Waals surface area contributed by atoms with Gasteiger partial charge >= 0.3 is 0 Å². The number of anilines is 3. The highest BCUT2D eigenvalue weighted by molar-refractivity contribution is 6.02. The molecule has 0 atom stereocenters. The van der Waals surface area contributed by atoms with Crippen LogP contribution in [0.4, 0.5) is 17.1 Å². The molecule has 0 radical (unpaired) electrons. The van der Waals surface area contributed by atoms with E-state index in [1.54, 1.807) is 0 Å². The molecule has 0 saturated carbocycles. The fraction of sp³-hybridized carbons (Fsp3) is 0.0370. The van der Waals surface area contributed by atoms with E-state index >= 15 is 0 Å². The van der Waals surface area contributed by atoms with E-state index in [0.29, 0.717) is 0 Å². The molecule has 380 valence electrons. The molecule has 0 unspecified atom stereocenters. The van der Waals surface area contributed by atoms with Gasteiger partial charge in [-0.05, 0) is 170 Å². The monoisotopic (exact) mass is 1040 g/mol. The summed E-state index contributed by atoms with van der Waals surface area (Å²) in [5.41, 5.74) is 32.9. The molecule has 4 aliphatic carbocycles. The van der Waals surface area contributed by atoms with Gasteiger partial charge in [0.15, 0.2) is 0 Å². The molecule has 0 bridgehead atoms. The van der Waals surface area contributed by atoms with E-state index in [2.05, 4.69) is 314 Å². The maximum Gasteiger partial charge on any atom is 0.0754 e. The van der Waals surface area contributed by atoms with Gasteiger partial charge in [0.1, 0.15) is 0 Å². The predicted octanol–water partition coefficient (Wildman–Crippen LogP) is 19.9. The molecular weight excluding hydrogens is 987 g/mol. The Kier molecular flexibility index (Phi) is 9.35. The van der Waals surface area contributed by atoms with Crippen molar-refractivity contribution in [1.82, 2.24) is 0 Å². The summed E-state index contributed by atoms with van der Waals surface area (Å²) in [5.74, 6) is 0. The smallest absolute Gasteiger partial charge is 0.0754 e. The van der Waals surface area contributed by atoms with Gasteiger partial charge in [0, 0.05) is 5.69 Å². The molecule has 13 aromatic rings. The first kappa shape index (κ1) is 45.5. The molecule has 1 aliphatic heterocycles. The van der Waals surface area contributed by atoms with Gasteiger partial charge in [-0.2, -0.15) is 0 Å². The summed E-state index contributed by atoms with van der Waals surface area (Å²) in [6, 6.07) is 117. The highest BCUT2D eigenvalue weighted by atomic mass is 15.2. The van der Waals surface area contributed by atoms with E-state index in [1.807, 2.05) is 0 Å². The Hall–Kier alpha value is -10.3. The van der Waals surface area contributed by atoms with Crippen LogP contribution in [-0.2, 0) is 16.2 Å². The van der Waals surface area contributed by atoms with Crippen molar-refractivity contribution in [2.24, 2.45) is 0 Å². The molecule has 82 heavy (non-hydrogen) atoms. The van der Waals surface area contributed by atoms with Crippen molar-refractivity contribution >= 4 is 17.1 Å². The fourth-order valence-corrected chi connectivity index (χ4v) is 16.5. The SMILES string of the molecule is c1ccc(N2c3ccccc3C3(c4ccccc4-c4c(-c5cccc(C6(c7cccc(-c8cccc9c8-c8ccccc8C98c9ccccc9-c9ccccc98)c7)c7ccccc7-c7ccccc76)c5)cccc43)c3ccccc32)cc1. The Bertz CT molecular complexity index is 4710. The second kappa shape index (κ2) is 16.8. The van der Waals surface area contributed by atoms with E-state index in [0.717, 1.165) is 5.69 Å². The van der Waals surface area contributed by atoms with E-state index in [-0.39, 0.29) is 0 Å². The number of para-hydroxylation sites is 3. The standard InChI is InChI=1S/C81H51N/c1-2-28-56(29-3-1)82-75-48-18-16-44-71(75)81(72-45-17-19-49-76(72)82)70-43-15-9-35-64(70)78-58(37-23-47-74(78)81)53-25-21-27-55(51-53)79(65-38-10-4-30-59(65)60-31-5-11-39-66(60)79)54-26-20-24-52(50-54)57-36-22-46-73-77(57)63-34-8-14-42-69(63)80(73)67-40-12-6-32-61(67)62-33-7-13-41-68(62)80/h1-51H. The van der Waals surface area contributed by atoms with E-state index in [9.17, 15) is 0 Å². The minimum Gasteiger partial charge on any atom is -0.310 e. The lowest BCUT2D eigenvalue weighted by Gasteiger charge is -2.45. The Morgan fingerprint density at radius 3 is 0.915 bits per heavy atom. The average molecular weight is 1040 g/mol. The maximum atomic E-state index is 2.53. The molecule has 1 heterocycles. The van der Waals surface area contributed by atoms with Crippen LogP contribution in [0.3, 0.4) is 0 Å². The first-order valence-corrected chi connectivity index (χ1v) is 28.8. The molecule has 13 aromatic carbocycles.